The van der Waals surface area contributed by atoms with Crippen LogP contribution in [-0.2, 0) is 20.7 Å². The van der Waals surface area contributed by atoms with E-state index in [1.807, 2.05) is 38.1 Å². The largest absolute Gasteiger partial charge is 0.381 e. The van der Waals surface area contributed by atoms with Gasteiger partial charge in [0.15, 0.2) is 0 Å². The molecule has 7 heteroatoms. The van der Waals surface area contributed by atoms with Crippen LogP contribution < -0.4 is 16.4 Å². The highest BCUT2D eigenvalue weighted by molar-refractivity contribution is 5.95. The Kier molecular flexibility index (Phi) is 8.35. The summed E-state index contributed by atoms with van der Waals surface area (Å²) in [5.74, 6) is -0.0651. The molecule has 1 saturated heterocycles. The number of nitrogens with two attached hydrogens (primary N) is 1. The SMILES string of the molecule is CC(C)NC(=O)Cc1ccc(NC(=O)C2(CN)CCOCC2)cc1.Cl. The molecular weight excluding hydrogens is 342 g/mol. The fraction of sp³-hybridized carbons (Fsp3) is 0.556. The molecule has 1 fully saturated rings. The predicted octanol–water partition coefficient (Wildman–Crippen LogP) is 1.87. The van der Waals surface area contributed by atoms with Gasteiger partial charge in [0, 0.05) is 31.5 Å². The Balaban J connectivity index is 0.00000312. The molecule has 4 N–H and O–H groups in total. The Morgan fingerprint density at radius 1 is 1.20 bits per heavy atom. The summed E-state index contributed by atoms with van der Waals surface area (Å²) in [6, 6.07) is 7.48. The first kappa shape index (κ1) is 21.4. The molecule has 2 amide bonds. The van der Waals surface area contributed by atoms with E-state index in [2.05, 4.69) is 10.6 Å². The Bertz CT molecular complexity index is 569. The average Bonchev–Trinajstić information content (AvgIpc) is 2.56. The molecule has 2 rings (SSSR count). The van der Waals surface area contributed by atoms with Gasteiger partial charge in [0.2, 0.25) is 11.8 Å². The normalized spacial score (nSPS) is 16.0. The summed E-state index contributed by atoms with van der Waals surface area (Å²) in [5, 5.41) is 5.80. The molecule has 1 aliphatic heterocycles. The van der Waals surface area contributed by atoms with Crippen molar-refractivity contribution < 1.29 is 14.3 Å². The van der Waals surface area contributed by atoms with Crippen LogP contribution in [0.1, 0.15) is 32.3 Å². The fourth-order valence-corrected chi connectivity index (χ4v) is 2.81. The number of carbonyl (C=O) groups excluding carboxylic acids is 2. The summed E-state index contributed by atoms with van der Waals surface area (Å²) in [7, 11) is 0. The number of benzene rings is 1. The molecule has 0 atom stereocenters. The van der Waals surface area contributed by atoms with Crippen molar-refractivity contribution in [3.05, 3.63) is 29.8 Å². The van der Waals surface area contributed by atoms with E-state index in [0.717, 1.165) is 5.56 Å². The number of amides is 2. The Morgan fingerprint density at radius 2 is 1.80 bits per heavy atom. The van der Waals surface area contributed by atoms with E-state index in [9.17, 15) is 9.59 Å². The highest BCUT2D eigenvalue weighted by atomic mass is 35.5. The smallest absolute Gasteiger partial charge is 0.232 e. The van der Waals surface area contributed by atoms with Gasteiger partial charge in [-0.25, -0.2) is 0 Å². The van der Waals surface area contributed by atoms with Crippen molar-refractivity contribution in [2.75, 3.05) is 25.1 Å². The summed E-state index contributed by atoms with van der Waals surface area (Å²) in [4.78, 5) is 24.4. The van der Waals surface area contributed by atoms with E-state index in [0.29, 0.717) is 44.7 Å². The first-order valence-corrected chi connectivity index (χ1v) is 8.43. The molecule has 6 nitrogen and oxygen atoms in total. The maximum Gasteiger partial charge on any atom is 0.232 e. The zero-order valence-corrected chi connectivity index (χ0v) is 15.7. The molecule has 0 spiro atoms. The summed E-state index contributed by atoms with van der Waals surface area (Å²) in [6.45, 7) is 5.30. The van der Waals surface area contributed by atoms with Crippen LogP contribution in [0.4, 0.5) is 5.69 Å². The molecule has 1 heterocycles. The summed E-state index contributed by atoms with van der Waals surface area (Å²) in [5.41, 5.74) is 6.93. The summed E-state index contributed by atoms with van der Waals surface area (Å²) in [6.07, 6.45) is 1.61. The van der Waals surface area contributed by atoms with Gasteiger partial charge in [-0.15, -0.1) is 12.4 Å². The third-order valence-corrected chi connectivity index (χ3v) is 4.35. The molecule has 0 saturated carbocycles. The zero-order chi connectivity index (χ0) is 17.6. The minimum atomic E-state index is -0.548. The van der Waals surface area contributed by atoms with Crippen LogP contribution in [-0.4, -0.2) is 37.6 Å². The summed E-state index contributed by atoms with van der Waals surface area (Å²) >= 11 is 0. The molecule has 0 aliphatic carbocycles. The molecule has 1 aliphatic rings. The molecule has 25 heavy (non-hydrogen) atoms. The maximum atomic E-state index is 12.6. The van der Waals surface area contributed by atoms with Crippen LogP contribution in [0.15, 0.2) is 24.3 Å². The second-order valence-electron chi connectivity index (χ2n) is 6.65. The van der Waals surface area contributed by atoms with Gasteiger partial charge >= 0.3 is 0 Å². The van der Waals surface area contributed by atoms with Gasteiger partial charge in [-0.2, -0.15) is 0 Å². The van der Waals surface area contributed by atoms with Gasteiger partial charge in [-0.05, 0) is 44.4 Å². The van der Waals surface area contributed by atoms with Crippen LogP contribution in [0.3, 0.4) is 0 Å². The number of nitrogens with one attached hydrogen (secondary N) is 2. The number of ether oxygens (including phenoxy) is 1. The topological polar surface area (TPSA) is 93.5 Å². The van der Waals surface area contributed by atoms with Crippen molar-refractivity contribution in [3.8, 4) is 0 Å². The third-order valence-electron chi connectivity index (χ3n) is 4.35. The van der Waals surface area contributed by atoms with Gasteiger partial charge in [-0.1, -0.05) is 12.1 Å². The van der Waals surface area contributed by atoms with E-state index in [4.69, 9.17) is 10.5 Å². The van der Waals surface area contributed by atoms with Crippen molar-refractivity contribution in [2.45, 2.75) is 39.2 Å². The van der Waals surface area contributed by atoms with Gasteiger partial charge < -0.3 is 21.1 Å². The van der Waals surface area contributed by atoms with Gasteiger partial charge in [0.1, 0.15) is 0 Å². The Morgan fingerprint density at radius 3 is 2.32 bits per heavy atom. The average molecular weight is 370 g/mol. The molecule has 1 aromatic rings. The van der Waals surface area contributed by atoms with Crippen LogP contribution >= 0.6 is 12.4 Å². The quantitative estimate of drug-likeness (QED) is 0.713. The molecule has 0 aromatic heterocycles. The van der Waals surface area contributed by atoms with Gasteiger partial charge in [-0.3, -0.25) is 9.59 Å². The van der Waals surface area contributed by atoms with Gasteiger partial charge in [0.25, 0.3) is 0 Å². The van der Waals surface area contributed by atoms with Crippen molar-refractivity contribution in [3.63, 3.8) is 0 Å². The lowest BCUT2D eigenvalue weighted by molar-refractivity contribution is -0.130. The number of hydrogen-bond donors (Lipinski definition) is 3. The fourth-order valence-electron chi connectivity index (χ4n) is 2.81. The molecule has 1 aromatic carbocycles. The second kappa shape index (κ2) is 9.75. The minimum absolute atomic E-state index is 0. The number of rotatable bonds is 6. The molecule has 0 bridgehead atoms. The number of carbonyl (C=O) groups is 2. The number of halogens is 1. The highest BCUT2D eigenvalue weighted by Gasteiger charge is 2.38. The van der Waals surface area contributed by atoms with E-state index < -0.39 is 5.41 Å². The van der Waals surface area contributed by atoms with E-state index >= 15 is 0 Å². The molecular formula is C18H28ClN3O3. The third kappa shape index (κ3) is 5.99. The number of anilines is 1. The van der Waals surface area contributed by atoms with Crippen LogP contribution in [0.25, 0.3) is 0 Å². The van der Waals surface area contributed by atoms with E-state index in [1.54, 1.807) is 0 Å². The van der Waals surface area contributed by atoms with Crippen LogP contribution in [0.5, 0.6) is 0 Å². The lowest BCUT2D eigenvalue weighted by Crippen LogP contribution is -2.46. The lowest BCUT2D eigenvalue weighted by atomic mass is 9.79. The van der Waals surface area contributed by atoms with Crippen molar-refractivity contribution in [2.24, 2.45) is 11.1 Å². The summed E-state index contributed by atoms with van der Waals surface area (Å²) < 4.78 is 5.33. The minimum Gasteiger partial charge on any atom is -0.381 e. The van der Waals surface area contributed by atoms with Crippen LogP contribution in [0.2, 0.25) is 0 Å². The van der Waals surface area contributed by atoms with Crippen LogP contribution in [0, 0.1) is 5.41 Å². The highest BCUT2D eigenvalue weighted by Crippen LogP contribution is 2.30. The van der Waals surface area contributed by atoms with Crippen molar-refractivity contribution in [1.29, 1.82) is 0 Å². The molecule has 140 valence electrons. The van der Waals surface area contributed by atoms with E-state index in [1.165, 1.54) is 0 Å². The Hall–Kier alpha value is -1.63. The Labute approximate surface area is 155 Å². The maximum absolute atomic E-state index is 12.6. The van der Waals surface area contributed by atoms with Crippen molar-refractivity contribution in [1.82, 2.24) is 5.32 Å². The monoisotopic (exact) mass is 369 g/mol. The number of hydrogen-bond acceptors (Lipinski definition) is 4. The van der Waals surface area contributed by atoms with Gasteiger partial charge in [0.05, 0.1) is 11.8 Å². The lowest BCUT2D eigenvalue weighted by Gasteiger charge is -2.34. The van der Waals surface area contributed by atoms with Crippen molar-refractivity contribution >= 4 is 29.9 Å². The predicted molar refractivity (Wildman–Crippen MR) is 101 cm³/mol. The molecule has 0 radical (unpaired) electrons. The first-order chi connectivity index (χ1) is 11.4. The molecule has 0 unspecified atom stereocenters. The van der Waals surface area contributed by atoms with E-state index in [-0.39, 0.29) is 30.3 Å². The zero-order valence-electron chi connectivity index (χ0n) is 14.8. The second-order valence-corrected chi connectivity index (χ2v) is 6.65. The standard InChI is InChI=1S/C18H27N3O3.ClH/c1-13(2)20-16(22)11-14-3-5-15(6-4-14)21-17(23)18(12-19)7-9-24-10-8-18;/h3-6,13H,7-12,19H2,1-2H3,(H,20,22)(H,21,23);1H. The first-order valence-electron chi connectivity index (χ1n) is 8.43.